The van der Waals surface area contributed by atoms with Crippen LogP contribution in [-0.4, -0.2) is 54.4 Å². The van der Waals surface area contributed by atoms with Crippen LogP contribution in [0.4, 0.5) is 17.5 Å². The Kier molecular flexibility index (Phi) is 5.03. The van der Waals surface area contributed by atoms with Crippen LogP contribution in [0, 0.1) is 5.92 Å². The van der Waals surface area contributed by atoms with E-state index >= 15 is 0 Å². The SMILES string of the molecule is CCNC(=O)[C@H]1C[C@@H](n2cnc3c(N)nc(Nc4ccccc4)nc32)[C@H](O)[C@@H]1O. The standard InChI is InChI=1S/C19H23N7O3/c1-2-21-18(29)11-8-12(15(28)14(11)27)26-9-22-13-16(20)24-19(25-17(13)26)23-10-6-4-3-5-7-10/h3-7,9,11-12,14-15,27-28H,2,8H2,1H3,(H,21,29)(H3,20,23,24,25)/t11-,12+,14+,15-/m0/s1. The van der Waals surface area contributed by atoms with Crippen LogP contribution in [0.15, 0.2) is 36.7 Å². The topological polar surface area (TPSA) is 151 Å². The van der Waals surface area contributed by atoms with Crippen LogP contribution in [0.5, 0.6) is 0 Å². The molecule has 1 amide bonds. The normalized spacial score (nSPS) is 24.0. The molecule has 0 unspecified atom stereocenters. The summed E-state index contributed by atoms with van der Waals surface area (Å²) in [6.45, 7) is 2.26. The molecule has 0 spiro atoms. The summed E-state index contributed by atoms with van der Waals surface area (Å²) in [5.41, 5.74) is 7.67. The maximum atomic E-state index is 12.2. The maximum Gasteiger partial charge on any atom is 0.231 e. The van der Waals surface area contributed by atoms with E-state index in [0.717, 1.165) is 5.69 Å². The highest BCUT2D eigenvalue weighted by Crippen LogP contribution is 2.37. The van der Waals surface area contributed by atoms with Gasteiger partial charge in [-0.15, -0.1) is 0 Å². The van der Waals surface area contributed by atoms with Crippen molar-refractivity contribution in [3.63, 3.8) is 0 Å². The predicted molar refractivity (Wildman–Crippen MR) is 107 cm³/mol. The van der Waals surface area contributed by atoms with Gasteiger partial charge in [0.05, 0.1) is 24.4 Å². The summed E-state index contributed by atoms with van der Waals surface area (Å²) in [4.78, 5) is 25.2. The molecule has 1 aliphatic carbocycles. The van der Waals surface area contributed by atoms with Crippen LogP contribution in [-0.2, 0) is 4.79 Å². The number of aromatic nitrogens is 4. The minimum absolute atomic E-state index is 0.195. The monoisotopic (exact) mass is 397 g/mol. The van der Waals surface area contributed by atoms with Crippen molar-refractivity contribution in [2.24, 2.45) is 5.92 Å². The Balaban J connectivity index is 1.68. The Labute approximate surface area is 166 Å². The number of amides is 1. The van der Waals surface area contributed by atoms with E-state index in [1.165, 1.54) is 6.33 Å². The third kappa shape index (κ3) is 3.47. The van der Waals surface area contributed by atoms with Gasteiger partial charge in [-0.25, -0.2) is 4.98 Å². The number of benzene rings is 1. The summed E-state index contributed by atoms with van der Waals surface area (Å²) < 4.78 is 1.65. The highest BCUT2D eigenvalue weighted by Gasteiger charge is 2.46. The van der Waals surface area contributed by atoms with Crippen molar-refractivity contribution >= 4 is 34.5 Å². The van der Waals surface area contributed by atoms with Crippen molar-refractivity contribution < 1.29 is 15.0 Å². The van der Waals surface area contributed by atoms with Crippen molar-refractivity contribution in [3.05, 3.63) is 36.7 Å². The molecule has 0 saturated heterocycles. The van der Waals surface area contributed by atoms with Gasteiger partial charge in [0.2, 0.25) is 11.9 Å². The molecule has 2 heterocycles. The number of rotatable bonds is 5. The first kappa shape index (κ1) is 19.1. The molecular weight excluding hydrogens is 374 g/mol. The Hall–Kier alpha value is -3.24. The molecule has 0 bridgehead atoms. The molecule has 1 saturated carbocycles. The van der Waals surface area contributed by atoms with Crippen molar-refractivity contribution in [1.82, 2.24) is 24.8 Å². The second kappa shape index (κ2) is 7.64. The number of anilines is 3. The molecule has 6 N–H and O–H groups in total. The van der Waals surface area contributed by atoms with E-state index in [2.05, 4.69) is 25.6 Å². The van der Waals surface area contributed by atoms with E-state index in [1.54, 1.807) is 11.5 Å². The average molecular weight is 397 g/mol. The van der Waals surface area contributed by atoms with Crippen LogP contribution in [0.1, 0.15) is 19.4 Å². The summed E-state index contributed by atoms with van der Waals surface area (Å²) in [7, 11) is 0. The number of nitrogens with two attached hydrogens (primary N) is 1. The summed E-state index contributed by atoms with van der Waals surface area (Å²) in [5.74, 6) is -0.517. The van der Waals surface area contributed by atoms with E-state index in [1.807, 2.05) is 30.3 Å². The molecular formula is C19H23N7O3. The Morgan fingerprint density at radius 3 is 2.72 bits per heavy atom. The third-order valence-electron chi connectivity index (χ3n) is 5.18. The zero-order valence-electron chi connectivity index (χ0n) is 15.9. The van der Waals surface area contributed by atoms with E-state index in [0.29, 0.717) is 17.7 Å². The molecule has 152 valence electrons. The minimum atomic E-state index is -1.18. The minimum Gasteiger partial charge on any atom is -0.390 e. The first-order chi connectivity index (χ1) is 14.0. The lowest BCUT2D eigenvalue weighted by Crippen LogP contribution is -2.38. The predicted octanol–water partition coefficient (Wildman–Crippen LogP) is 0.571. The van der Waals surface area contributed by atoms with Gasteiger partial charge in [0, 0.05) is 12.2 Å². The molecule has 29 heavy (non-hydrogen) atoms. The number of nitrogen functional groups attached to an aromatic ring is 1. The molecule has 1 fully saturated rings. The summed E-state index contributed by atoms with van der Waals surface area (Å²) in [6.07, 6.45) is -0.555. The highest BCUT2D eigenvalue weighted by atomic mass is 16.3. The largest absolute Gasteiger partial charge is 0.390 e. The molecule has 4 rings (SSSR count). The third-order valence-corrected chi connectivity index (χ3v) is 5.18. The number of nitrogens with zero attached hydrogens (tertiary/aromatic N) is 4. The second-order valence-electron chi connectivity index (χ2n) is 7.03. The quantitative estimate of drug-likeness (QED) is 0.419. The van der Waals surface area contributed by atoms with Gasteiger partial charge < -0.3 is 31.1 Å². The van der Waals surface area contributed by atoms with Gasteiger partial charge in [-0.1, -0.05) is 18.2 Å². The maximum absolute atomic E-state index is 12.2. The summed E-state index contributed by atoms with van der Waals surface area (Å²) in [5, 5.41) is 26.8. The summed E-state index contributed by atoms with van der Waals surface area (Å²) in [6, 6.07) is 8.83. The molecule has 4 atom stereocenters. The zero-order valence-corrected chi connectivity index (χ0v) is 15.9. The van der Waals surface area contributed by atoms with Crippen molar-refractivity contribution in [2.75, 3.05) is 17.6 Å². The Morgan fingerprint density at radius 1 is 1.24 bits per heavy atom. The fourth-order valence-corrected chi connectivity index (χ4v) is 3.74. The smallest absolute Gasteiger partial charge is 0.231 e. The summed E-state index contributed by atoms with van der Waals surface area (Å²) >= 11 is 0. The van der Waals surface area contributed by atoms with Crippen LogP contribution in [0.2, 0.25) is 0 Å². The number of carbonyl (C=O) groups excluding carboxylic acids is 1. The molecule has 0 radical (unpaired) electrons. The van der Waals surface area contributed by atoms with Crippen molar-refractivity contribution in [2.45, 2.75) is 31.6 Å². The second-order valence-corrected chi connectivity index (χ2v) is 7.03. The van der Waals surface area contributed by atoms with Gasteiger partial charge in [0.25, 0.3) is 0 Å². The van der Waals surface area contributed by atoms with Crippen LogP contribution >= 0.6 is 0 Å². The Morgan fingerprint density at radius 2 is 2.00 bits per heavy atom. The average Bonchev–Trinajstić information content (AvgIpc) is 3.25. The first-order valence-electron chi connectivity index (χ1n) is 9.45. The van der Waals surface area contributed by atoms with Crippen LogP contribution in [0.25, 0.3) is 11.2 Å². The molecule has 0 aliphatic heterocycles. The molecule has 1 aromatic carbocycles. The molecule has 2 aromatic heterocycles. The van der Waals surface area contributed by atoms with Gasteiger partial charge in [0.1, 0.15) is 11.6 Å². The number of hydrogen-bond donors (Lipinski definition) is 5. The molecule has 3 aromatic rings. The number of nitrogens with one attached hydrogen (secondary N) is 2. The van der Waals surface area contributed by atoms with Crippen molar-refractivity contribution in [1.29, 1.82) is 0 Å². The number of aliphatic hydroxyl groups is 2. The van der Waals surface area contributed by atoms with E-state index in [9.17, 15) is 15.0 Å². The number of imidazole rings is 1. The lowest BCUT2D eigenvalue weighted by Gasteiger charge is -2.18. The van der Waals surface area contributed by atoms with E-state index in [4.69, 9.17) is 5.73 Å². The van der Waals surface area contributed by atoms with Gasteiger partial charge in [-0.3, -0.25) is 4.79 Å². The fourth-order valence-electron chi connectivity index (χ4n) is 3.74. The van der Waals surface area contributed by atoms with E-state index in [-0.39, 0.29) is 24.1 Å². The number of hydrogen-bond acceptors (Lipinski definition) is 8. The number of aliphatic hydroxyl groups excluding tert-OH is 2. The van der Waals surface area contributed by atoms with Gasteiger partial charge >= 0.3 is 0 Å². The number of carbonyl (C=O) groups is 1. The molecule has 10 heteroatoms. The highest BCUT2D eigenvalue weighted by molar-refractivity contribution is 5.84. The van der Waals surface area contributed by atoms with Crippen LogP contribution < -0.4 is 16.4 Å². The van der Waals surface area contributed by atoms with Gasteiger partial charge in [0.15, 0.2) is 11.5 Å². The first-order valence-corrected chi connectivity index (χ1v) is 9.45. The van der Waals surface area contributed by atoms with Crippen LogP contribution in [0.3, 0.4) is 0 Å². The van der Waals surface area contributed by atoms with Gasteiger partial charge in [-0.05, 0) is 25.5 Å². The van der Waals surface area contributed by atoms with E-state index < -0.39 is 24.2 Å². The number of para-hydroxylation sites is 1. The molecule has 1 aliphatic rings. The van der Waals surface area contributed by atoms with Gasteiger partial charge in [-0.2, -0.15) is 9.97 Å². The van der Waals surface area contributed by atoms with Crippen molar-refractivity contribution in [3.8, 4) is 0 Å². The lowest BCUT2D eigenvalue weighted by atomic mass is 10.0. The number of fused-ring (bicyclic) bond motifs is 1. The fraction of sp³-hybridized carbons (Fsp3) is 0.368. The lowest BCUT2D eigenvalue weighted by molar-refractivity contribution is -0.128. The Bertz CT molecular complexity index is 1020. The zero-order chi connectivity index (χ0) is 20.5. The molecule has 10 nitrogen and oxygen atoms in total.